The first kappa shape index (κ1) is 20.3. The Hall–Kier alpha value is -3.65. The van der Waals surface area contributed by atoms with E-state index in [0.29, 0.717) is 18.4 Å². The molecule has 8 heteroatoms. The molecule has 3 aromatic rings. The van der Waals surface area contributed by atoms with Gasteiger partial charge in [-0.2, -0.15) is 0 Å². The van der Waals surface area contributed by atoms with Crippen LogP contribution in [0.25, 0.3) is 11.1 Å². The fourth-order valence-electron chi connectivity index (χ4n) is 4.49. The molecule has 8 nitrogen and oxygen atoms in total. The fraction of sp³-hybridized carbons (Fsp3) is 0.292. The quantitative estimate of drug-likeness (QED) is 0.614. The second kappa shape index (κ2) is 7.49. The molecule has 0 atom stereocenters. The number of benzene rings is 1. The largest absolute Gasteiger partial charge is 0.450 e. The lowest BCUT2D eigenvalue weighted by Gasteiger charge is -2.40. The summed E-state index contributed by atoms with van der Waals surface area (Å²) in [6.07, 6.45) is 7.37. The zero-order chi connectivity index (χ0) is 22.3. The zero-order valence-corrected chi connectivity index (χ0v) is 17.5. The van der Waals surface area contributed by atoms with Gasteiger partial charge in [0.2, 0.25) is 5.95 Å². The molecular formula is C24H22N4O4. The number of hydrogen-bond acceptors (Lipinski definition) is 7. The van der Waals surface area contributed by atoms with Crippen LogP contribution in [0.2, 0.25) is 0 Å². The van der Waals surface area contributed by atoms with Gasteiger partial charge in [-0.25, -0.2) is 14.8 Å². The van der Waals surface area contributed by atoms with Crippen molar-refractivity contribution in [1.82, 2.24) is 15.0 Å². The number of carbonyl (C=O) groups is 2. The van der Waals surface area contributed by atoms with Crippen LogP contribution in [0.3, 0.4) is 0 Å². The van der Waals surface area contributed by atoms with Gasteiger partial charge in [0.1, 0.15) is 11.2 Å². The van der Waals surface area contributed by atoms with Crippen LogP contribution in [0.4, 0.5) is 5.95 Å². The molecule has 0 unspecified atom stereocenters. The van der Waals surface area contributed by atoms with Gasteiger partial charge in [-0.1, -0.05) is 29.8 Å². The molecule has 0 bridgehead atoms. The average Bonchev–Trinajstić information content (AvgIpc) is 3.08. The summed E-state index contributed by atoms with van der Waals surface area (Å²) < 4.78 is 5.67. The predicted octanol–water partition coefficient (Wildman–Crippen LogP) is 3.16. The van der Waals surface area contributed by atoms with Crippen LogP contribution in [0.15, 0.2) is 55.1 Å². The first-order chi connectivity index (χ1) is 15.4. The minimum Gasteiger partial charge on any atom is -0.450 e. The number of aromatic nitrogens is 3. The first-order valence-electron chi connectivity index (χ1n) is 10.5. The highest BCUT2D eigenvalue weighted by Gasteiger charge is 2.53. The van der Waals surface area contributed by atoms with Crippen molar-refractivity contribution in [3.63, 3.8) is 0 Å². The van der Waals surface area contributed by atoms with E-state index in [-0.39, 0.29) is 18.8 Å². The molecule has 3 heterocycles. The predicted molar refractivity (Wildman–Crippen MR) is 116 cm³/mol. The van der Waals surface area contributed by atoms with Crippen LogP contribution < -0.4 is 5.32 Å². The maximum absolute atomic E-state index is 12.8. The van der Waals surface area contributed by atoms with E-state index >= 15 is 0 Å². The Labute approximate surface area is 184 Å². The van der Waals surface area contributed by atoms with Crippen molar-refractivity contribution in [2.45, 2.75) is 43.8 Å². The van der Waals surface area contributed by atoms with E-state index in [1.165, 1.54) is 6.20 Å². The number of ether oxygens (including phenoxy) is 1. The van der Waals surface area contributed by atoms with Gasteiger partial charge < -0.3 is 9.84 Å². The summed E-state index contributed by atoms with van der Waals surface area (Å²) in [4.78, 5) is 37.5. The summed E-state index contributed by atoms with van der Waals surface area (Å²) in [5, 5.41) is 13.6. The minimum atomic E-state index is -1.59. The zero-order valence-electron chi connectivity index (χ0n) is 17.5. The number of fused-ring (bicyclic) bond motifs is 2. The van der Waals surface area contributed by atoms with Gasteiger partial charge in [0.05, 0.1) is 5.56 Å². The number of aryl methyl sites for hydroxylation is 1. The second-order valence-corrected chi connectivity index (χ2v) is 8.46. The van der Waals surface area contributed by atoms with Gasteiger partial charge in [0.15, 0.2) is 0 Å². The summed E-state index contributed by atoms with van der Waals surface area (Å²) in [7, 11) is 0. The van der Waals surface area contributed by atoms with Crippen molar-refractivity contribution in [2.75, 3.05) is 5.32 Å². The monoisotopic (exact) mass is 430 g/mol. The highest BCUT2D eigenvalue weighted by molar-refractivity contribution is 5.96. The van der Waals surface area contributed by atoms with Crippen LogP contribution in [0.1, 0.15) is 47.2 Å². The molecule has 162 valence electrons. The number of rotatable bonds is 3. The van der Waals surface area contributed by atoms with Gasteiger partial charge in [-0.3, -0.25) is 15.1 Å². The number of anilines is 1. The molecule has 1 saturated carbocycles. The van der Waals surface area contributed by atoms with Gasteiger partial charge in [-0.15, -0.1) is 0 Å². The molecule has 1 fully saturated rings. The van der Waals surface area contributed by atoms with Crippen LogP contribution in [0, 0.1) is 6.92 Å². The molecule has 0 saturated heterocycles. The Morgan fingerprint density at radius 3 is 2.53 bits per heavy atom. The summed E-state index contributed by atoms with van der Waals surface area (Å²) >= 11 is 0. The number of pyridine rings is 1. The number of esters is 1. The summed E-state index contributed by atoms with van der Waals surface area (Å²) in [6, 6.07) is 9.74. The van der Waals surface area contributed by atoms with Crippen molar-refractivity contribution < 1.29 is 19.4 Å². The topological polar surface area (TPSA) is 114 Å². The molecule has 1 aliphatic heterocycles. The van der Waals surface area contributed by atoms with Crippen molar-refractivity contribution in [2.24, 2.45) is 0 Å². The number of aliphatic hydroxyl groups is 1. The van der Waals surface area contributed by atoms with Crippen LogP contribution in [0.5, 0.6) is 0 Å². The molecule has 1 aliphatic carbocycles. The smallest absolute Gasteiger partial charge is 0.341 e. The molecule has 0 radical (unpaired) electrons. The molecule has 2 aliphatic rings. The summed E-state index contributed by atoms with van der Waals surface area (Å²) in [5.74, 6) is -0.844. The van der Waals surface area contributed by atoms with Gasteiger partial charge >= 0.3 is 5.97 Å². The normalized spacial score (nSPS) is 24.1. The van der Waals surface area contributed by atoms with Crippen molar-refractivity contribution in [3.8, 4) is 11.1 Å². The molecule has 1 spiro atoms. The fourth-order valence-corrected chi connectivity index (χ4v) is 4.49. The van der Waals surface area contributed by atoms with E-state index in [9.17, 15) is 14.7 Å². The standard InChI is InChI=1S/C24H22N4O4/c1-15-3-2-4-16(11-15)17-12-26-22(27-13-17)28-21(30)23(31)6-8-24(9-7-23)19-5-10-25-14-18(19)20(29)32-24/h2-5,10-14,31H,6-9H2,1H3,(H,26,27,28,30)/t23-,24-. The molecule has 2 aromatic heterocycles. The van der Waals surface area contributed by atoms with Gasteiger partial charge in [0.25, 0.3) is 5.91 Å². The molecule has 5 rings (SSSR count). The average molecular weight is 430 g/mol. The van der Waals surface area contributed by atoms with Crippen LogP contribution in [-0.4, -0.2) is 37.5 Å². The number of carbonyl (C=O) groups excluding carboxylic acids is 2. The molecular weight excluding hydrogens is 408 g/mol. The lowest BCUT2D eigenvalue weighted by molar-refractivity contribution is -0.144. The number of amides is 1. The maximum atomic E-state index is 12.8. The van der Waals surface area contributed by atoms with E-state index in [1.807, 2.05) is 31.2 Å². The maximum Gasteiger partial charge on any atom is 0.341 e. The third kappa shape index (κ3) is 3.42. The summed E-state index contributed by atoms with van der Waals surface area (Å²) in [6.45, 7) is 2.01. The van der Waals surface area contributed by atoms with Crippen LogP contribution in [-0.2, 0) is 15.1 Å². The highest BCUT2D eigenvalue weighted by Crippen LogP contribution is 2.49. The Balaban J connectivity index is 1.27. The van der Waals surface area contributed by atoms with E-state index in [2.05, 4.69) is 20.3 Å². The van der Waals surface area contributed by atoms with E-state index < -0.39 is 23.1 Å². The number of nitrogens with zero attached hydrogens (tertiary/aromatic N) is 3. The van der Waals surface area contributed by atoms with Gasteiger partial charge in [-0.05, 0) is 44.2 Å². The highest BCUT2D eigenvalue weighted by atomic mass is 16.6. The molecule has 32 heavy (non-hydrogen) atoms. The molecule has 2 N–H and O–H groups in total. The van der Waals surface area contributed by atoms with E-state index in [0.717, 1.165) is 22.3 Å². The van der Waals surface area contributed by atoms with Crippen LogP contribution >= 0.6 is 0 Å². The Morgan fingerprint density at radius 2 is 1.81 bits per heavy atom. The Kier molecular flexibility index (Phi) is 4.74. The first-order valence-corrected chi connectivity index (χ1v) is 10.5. The third-order valence-corrected chi connectivity index (χ3v) is 6.36. The van der Waals surface area contributed by atoms with E-state index in [4.69, 9.17) is 4.74 Å². The van der Waals surface area contributed by atoms with Crippen molar-refractivity contribution in [1.29, 1.82) is 0 Å². The SMILES string of the molecule is Cc1cccc(-c2cnc(NC(=O)[C@]3(O)CC[C@@]4(CC3)OC(=O)c3cnccc34)nc2)c1. The minimum absolute atomic E-state index is 0.129. The van der Waals surface area contributed by atoms with Crippen molar-refractivity contribution in [3.05, 3.63) is 71.8 Å². The number of hydrogen-bond donors (Lipinski definition) is 2. The number of nitrogens with one attached hydrogen (secondary N) is 1. The van der Waals surface area contributed by atoms with E-state index in [1.54, 1.807) is 24.7 Å². The second-order valence-electron chi connectivity index (χ2n) is 8.46. The van der Waals surface area contributed by atoms with Crippen molar-refractivity contribution >= 4 is 17.8 Å². The lowest BCUT2D eigenvalue weighted by atomic mass is 9.72. The molecule has 1 amide bonds. The Bertz CT molecular complexity index is 1200. The third-order valence-electron chi connectivity index (χ3n) is 6.36. The van der Waals surface area contributed by atoms with Gasteiger partial charge in [0, 0.05) is 35.9 Å². The lowest BCUT2D eigenvalue weighted by Crippen LogP contribution is -2.49. The summed E-state index contributed by atoms with van der Waals surface area (Å²) in [5.41, 5.74) is 1.77. The molecule has 1 aromatic carbocycles. The Morgan fingerprint density at radius 1 is 1.06 bits per heavy atom.